The number of benzene rings is 1. The third-order valence-electron chi connectivity index (χ3n) is 6.48. The second-order valence-electron chi connectivity index (χ2n) is 8.67. The number of pyridine rings is 1. The number of nitrogens with one attached hydrogen (secondary N) is 1. The van der Waals surface area contributed by atoms with Crippen molar-refractivity contribution in [1.29, 1.82) is 0 Å². The van der Waals surface area contributed by atoms with Gasteiger partial charge in [0.25, 0.3) is 0 Å². The molecule has 0 amide bonds. The third kappa shape index (κ3) is 4.05. The van der Waals surface area contributed by atoms with Crippen molar-refractivity contribution in [3.63, 3.8) is 0 Å². The normalized spacial score (nSPS) is 20.4. The third-order valence-corrected chi connectivity index (χ3v) is 7.20. The zero-order chi connectivity index (χ0) is 23.2. The summed E-state index contributed by atoms with van der Waals surface area (Å²) in [5.74, 6) is 0.00626. The molecule has 2 unspecified atom stereocenters. The maximum absolute atomic E-state index is 14.0. The summed E-state index contributed by atoms with van der Waals surface area (Å²) in [5, 5.41) is 8.35. The van der Waals surface area contributed by atoms with Crippen LogP contribution in [0.5, 0.6) is 5.75 Å². The van der Waals surface area contributed by atoms with Gasteiger partial charge in [0.05, 0.1) is 35.9 Å². The zero-order valence-electron chi connectivity index (χ0n) is 18.0. The molecule has 2 atom stereocenters. The lowest BCUT2D eigenvalue weighted by molar-refractivity contribution is -0.150. The van der Waals surface area contributed by atoms with E-state index in [0.29, 0.717) is 16.3 Å². The highest BCUT2D eigenvalue weighted by molar-refractivity contribution is 6.36. The van der Waals surface area contributed by atoms with Gasteiger partial charge >= 0.3 is 0 Å². The molecular weight excluding hydrogens is 468 g/mol. The number of rotatable bonds is 5. The SMILES string of the molecule is CC(Oc1cc(-c2cnn(C3CCNCC34COC4)c2)cnc1N)c1c(Cl)ccc(F)c1Cl. The van der Waals surface area contributed by atoms with Gasteiger partial charge in [0.15, 0.2) is 11.6 Å². The first kappa shape index (κ1) is 22.4. The second-order valence-corrected chi connectivity index (χ2v) is 9.45. The van der Waals surface area contributed by atoms with Crippen molar-refractivity contribution in [1.82, 2.24) is 20.1 Å². The lowest BCUT2D eigenvalue weighted by Crippen LogP contribution is -2.58. The predicted octanol–water partition coefficient (Wildman–Crippen LogP) is 4.66. The van der Waals surface area contributed by atoms with E-state index in [4.69, 9.17) is 38.4 Å². The molecule has 2 aliphatic heterocycles. The largest absolute Gasteiger partial charge is 0.482 e. The molecule has 1 spiro atoms. The smallest absolute Gasteiger partial charge is 0.166 e. The van der Waals surface area contributed by atoms with Crippen molar-refractivity contribution < 1.29 is 13.9 Å². The Balaban J connectivity index is 1.40. The first-order valence-corrected chi connectivity index (χ1v) is 11.5. The van der Waals surface area contributed by atoms with Crippen molar-refractivity contribution in [2.24, 2.45) is 5.41 Å². The second kappa shape index (κ2) is 8.76. The fourth-order valence-corrected chi connectivity index (χ4v) is 5.28. The van der Waals surface area contributed by atoms with Crippen LogP contribution in [0.1, 0.15) is 31.1 Å². The van der Waals surface area contributed by atoms with Gasteiger partial charge in [-0.15, -0.1) is 0 Å². The van der Waals surface area contributed by atoms with Crippen LogP contribution in [0.2, 0.25) is 10.0 Å². The molecule has 2 fully saturated rings. The van der Waals surface area contributed by atoms with Gasteiger partial charge in [0.1, 0.15) is 11.9 Å². The predicted molar refractivity (Wildman–Crippen MR) is 125 cm³/mol. The number of aromatic nitrogens is 3. The first-order valence-electron chi connectivity index (χ1n) is 10.8. The molecule has 2 saturated heterocycles. The number of hydrogen-bond acceptors (Lipinski definition) is 6. The molecular formula is C23H24Cl2FN5O2. The summed E-state index contributed by atoms with van der Waals surface area (Å²) >= 11 is 12.4. The quantitative estimate of drug-likeness (QED) is 0.504. The molecule has 2 aromatic heterocycles. The minimum Gasteiger partial charge on any atom is -0.482 e. The van der Waals surface area contributed by atoms with Gasteiger partial charge in [0, 0.05) is 40.7 Å². The number of nitrogens with zero attached hydrogens (tertiary/aromatic N) is 3. The van der Waals surface area contributed by atoms with Crippen LogP contribution in [-0.2, 0) is 4.74 Å². The Hall–Kier alpha value is -2.39. The molecule has 0 radical (unpaired) electrons. The van der Waals surface area contributed by atoms with Crippen molar-refractivity contribution in [2.75, 3.05) is 32.0 Å². The van der Waals surface area contributed by atoms with Crippen LogP contribution in [0, 0.1) is 11.2 Å². The van der Waals surface area contributed by atoms with Crippen LogP contribution in [-0.4, -0.2) is 41.1 Å². The molecule has 7 nitrogen and oxygen atoms in total. The molecule has 1 aromatic carbocycles. The summed E-state index contributed by atoms with van der Waals surface area (Å²) in [6.07, 6.45) is 5.87. The molecule has 3 N–H and O–H groups in total. The number of ether oxygens (including phenoxy) is 2. The Kier molecular flexibility index (Phi) is 5.95. The van der Waals surface area contributed by atoms with E-state index in [1.54, 1.807) is 19.2 Å². The average molecular weight is 492 g/mol. The van der Waals surface area contributed by atoms with E-state index < -0.39 is 11.9 Å². The topological polar surface area (TPSA) is 87.2 Å². The summed E-state index contributed by atoms with van der Waals surface area (Å²) in [6.45, 7) is 5.09. The van der Waals surface area contributed by atoms with Gasteiger partial charge in [-0.1, -0.05) is 23.2 Å². The summed E-state index contributed by atoms with van der Waals surface area (Å²) < 4.78 is 27.5. The highest BCUT2D eigenvalue weighted by atomic mass is 35.5. The summed E-state index contributed by atoms with van der Waals surface area (Å²) in [5.41, 5.74) is 8.22. The summed E-state index contributed by atoms with van der Waals surface area (Å²) in [4.78, 5) is 4.29. The fraction of sp³-hybridized carbons (Fsp3) is 0.391. The molecule has 0 saturated carbocycles. The van der Waals surface area contributed by atoms with Gasteiger partial charge in [-0.25, -0.2) is 9.37 Å². The number of nitrogen functional groups attached to an aromatic ring is 1. The van der Waals surface area contributed by atoms with Gasteiger partial charge < -0.3 is 20.5 Å². The molecule has 174 valence electrons. The van der Waals surface area contributed by atoms with E-state index in [2.05, 4.69) is 15.4 Å². The number of nitrogens with two attached hydrogens (primary N) is 1. The Labute approximate surface area is 201 Å². The van der Waals surface area contributed by atoms with Crippen molar-refractivity contribution >= 4 is 29.0 Å². The van der Waals surface area contributed by atoms with Gasteiger partial charge in [-0.3, -0.25) is 4.68 Å². The van der Waals surface area contributed by atoms with E-state index in [-0.39, 0.29) is 22.3 Å². The molecule has 3 aromatic rings. The first-order chi connectivity index (χ1) is 15.9. The van der Waals surface area contributed by atoms with Crippen molar-refractivity contribution in [3.05, 3.63) is 58.2 Å². The van der Waals surface area contributed by atoms with Crippen LogP contribution in [0.15, 0.2) is 36.8 Å². The molecule has 10 heteroatoms. The molecule has 4 heterocycles. The number of anilines is 1. The lowest BCUT2D eigenvalue weighted by Gasteiger charge is -2.49. The number of piperidine rings is 1. The highest BCUT2D eigenvalue weighted by Gasteiger charge is 2.48. The van der Waals surface area contributed by atoms with Crippen LogP contribution >= 0.6 is 23.2 Å². The molecule has 0 bridgehead atoms. The Bertz CT molecular complexity index is 1180. The monoisotopic (exact) mass is 491 g/mol. The average Bonchev–Trinajstić information content (AvgIpc) is 3.27. The Morgan fingerprint density at radius 2 is 2.12 bits per heavy atom. The fourth-order valence-electron chi connectivity index (χ4n) is 4.60. The van der Waals surface area contributed by atoms with Crippen LogP contribution in [0.25, 0.3) is 11.1 Å². The minimum atomic E-state index is -0.643. The number of hydrogen-bond donors (Lipinski definition) is 2. The van der Waals surface area contributed by atoms with Crippen molar-refractivity contribution in [2.45, 2.75) is 25.5 Å². The summed E-state index contributed by atoms with van der Waals surface area (Å²) in [7, 11) is 0. The molecule has 5 rings (SSSR count). The molecule has 0 aliphatic carbocycles. The Morgan fingerprint density at radius 3 is 2.88 bits per heavy atom. The van der Waals surface area contributed by atoms with Gasteiger partial charge in [-0.2, -0.15) is 5.10 Å². The number of halogens is 3. The van der Waals surface area contributed by atoms with Crippen LogP contribution < -0.4 is 15.8 Å². The zero-order valence-corrected chi connectivity index (χ0v) is 19.5. The van der Waals surface area contributed by atoms with Crippen LogP contribution in [0.3, 0.4) is 0 Å². The van der Waals surface area contributed by atoms with E-state index in [0.717, 1.165) is 43.9 Å². The maximum Gasteiger partial charge on any atom is 0.166 e. The summed E-state index contributed by atoms with van der Waals surface area (Å²) in [6, 6.07) is 4.74. The van der Waals surface area contributed by atoms with E-state index >= 15 is 0 Å². The lowest BCUT2D eigenvalue weighted by atomic mass is 9.74. The van der Waals surface area contributed by atoms with E-state index in [1.165, 1.54) is 12.1 Å². The van der Waals surface area contributed by atoms with Gasteiger partial charge in [0.2, 0.25) is 0 Å². The minimum absolute atomic E-state index is 0.0742. The highest BCUT2D eigenvalue weighted by Crippen LogP contribution is 2.43. The molecule has 33 heavy (non-hydrogen) atoms. The van der Waals surface area contributed by atoms with E-state index in [1.807, 2.05) is 17.1 Å². The van der Waals surface area contributed by atoms with Crippen molar-refractivity contribution in [3.8, 4) is 16.9 Å². The standard InChI is InChI=1S/C23H24Cl2FN5O2/c1-13(20-16(24)2-3-17(26)21(20)25)33-18-6-14(7-29-22(18)27)15-8-30-31(9-15)19-4-5-28-10-23(19)11-32-12-23/h2-3,6-9,13,19,28H,4-5,10-12H2,1H3,(H2,27,29). The van der Waals surface area contributed by atoms with E-state index in [9.17, 15) is 4.39 Å². The van der Waals surface area contributed by atoms with Crippen LogP contribution in [0.4, 0.5) is 10.2 Å². The maximum atomic E-state index is 14.0. The Morgan fingerprint density at radius 1 is 1.30 bits per heavy atom. The molecule has 2 aliphatic rings. The van der Waals surface area contributed by atoms with Gasteiger partial charge in [-0.05, 0) is 38.1 Å².